The molecule has 0 saturated carbocycles. The van der Waals surface area contributed by atoms with Gasteiger partial charge in [-0.25, -0.2) is 16.8 Å². The SMILES string of the molecule is CCCS(=O)(=O)N1CCCCC1C(=O)N1CCN(S(=O)(=O)Cc2ccccc2)CC1. The average Bonchev–Trinajstić information content (AvgIpc) is 2.74. The Morgan fingerprint density at radius 2 is 1.60 bits per heavy atom. The van der Waals surface area contributed by atoms with Crippen molar-refractivity contribution in [1.82, 2.24) is 13.5 Å². The molecule has 1 unspecified atom stereocenters. The summed E-state index contributed by atoms with van der Waals surface area (Å²) in [6, 6.07) is 8.36. The summed E-state index contributed by atoms with van der Waals surface area (Å²) >= 11 is 0. The van der Waals surface area contributed by atoms with Crippen molar-refractivity contribution in [2.24, 2.45) is 0 Å². The number of rotatable bonds is 7. The molecular weight excluding hydrogens is 426 g/mol. The highest BCUT2D eigenvalue weighted by Gasteiger charge is 2.39. The van der Waals surface area contributed by atoms with Crippen LogP contribution < -0.4 is 0 Å². The molecule has 0 aromatic heterocycles. The Morgan fingerprint density at radius 3 is 2.23 bits per heavy atom. The number of carbonyl (C=O) groups excluding carboxylic acids is 1. The van der Waals surface area contributed by atoms with Gasteiger partial charge in [-0.05, 0) is 24.8 Å². The van der Waals surface area contributed by atoms with Gasteiger partial charge in [-0.15, -0.1) is 0 Å². The maximum absolute atomic E-state index is 13.1. The van der Waals surface area contributed by atoms with E-state index in [1.165, 1.54) is 8.61 Å². The van der Waals surface area contributed by atoms with E-state index in [-0.39, 0.29) is 43.6 Å². The Labute approximate surface area is 179 Å². The highest BCUT2D eigenvalue weighted by molar-refractivity contribution is 7.89. The highest BCUT2D eigenvalue weighted by Crippen LogP contribution is 2.24. The van der Waals surface area contributed by atoms with E-state index < -0.39 is 26.1 Å². The van der Waals surface area contributed by atoms with Crippen LogP contribution in [0.4, 0.5) is 0 Å². The first kappa shape index (κ1) is 23.2. The zero-order valence-electron chi connectivity index (χ0n) is 17.4. The smallest absolute Gasteiger partial charge is 0.241 e. The minimum absolute atomic E-state index is 0.0439. The van der Waals surface area contributed by atoms with Crippen molar-refractivity contribution >= 4 is 26.0 Å². The van der Waals surface area contributed by atoms with Crippen molar-refractivity contribution in [2.45, 2.75) is 44.4 Å². The van der Waals surface area contributed by atoms with Crippen LogP contribution in [0.1, 0.15) is 38.2 Å². The van der Waals surface area contributed by atoms with Crippen LogP contribution in [0.5, 0.6) is 0 Å². The van der Waals surface area contributed by atoms with E-state index in [1.807, 2.05) is 25.1 Å². The van der Waals surface area contributed by atoms with Gasteiger partial charge in [-0.1, -0.05) is 43.7 Å². The third-order valence-electron chi connectivity index (χ3n) is 5.69. The van der Waals surface area contributed by atoms with Gasteiger partial charge in [-0.2, -0.15) is 8.61 Å². The van der Waals surface area contributed by atoms with Gasteiger partial charge in [0, 0.05) is 32.7 Å². The van der Waals surface area contributed by atoms with Gasteiger partial charge in [0.25, 0.3) is 0 Å². The standard InChI is InChI=1S/C20H31N3O5S2/c1-2-16-29(25,26)23-11-7-6-10-19(23)20(24)21-12-14-22(15-13-21)30(27,28)17-18-8-4-3-5-9-18/h3-5,8-9,19H,2,6-7,10-17H2,1H3. The van der Waals surface area contributed by atoms with Gasteiger partial charge in [0.2, 0.25) is 26.0 Å². The van der Waals surface area contributed by atoms with Crippen LogP contribution in [-0.2, 0) is 30.6 Å². The lowest BCUT2D eigenvalue weighted by molar-refractivity contribution is -0.137. The molecule has 1 amide bonds. The van der Waals surface area contributed by atoms with Crippen LogP contribution in [0.2, 0.25) is 0 Å². The zero-order valence-corrected chi connectivity index (χ0v) is 19.1. The predicted molar refractivity (Wildman–Crippen MR) is 116 cm³/mol. The van der Waals surface area contributed by atoms with Crippen molar-refractivity contribution in [3.8, 4) is 0 Å². The summed E-state index contributed by atoms with van der Waals surface area (Å²) in [7, 11) is -6.92. The number of hydrogen-bond acceptors (Lipinski definition) is 5. The van der Waals surface area contributed by atoms with E-state index in [9.17, 15) is 21.6 Å². The van der Waals surface area contributed by atoms with E-state index in [2.05, 4.69) is 0 Å². The molecule has 10 heteroatoms. The van der Waals surface area contributed by atoms with Gasteiger partial charge in [0.05, 0.1) is 11.5 Å². The van der Waals surface area contributed by atoms with Gasteiger partial charge < -0.3 is 4.90 Å². The van der Waals surface area contributed by atoms with Crippen molar-refractivity contribution < 1.29 is 21.6 Å². The minimum atomic E-state index is -3.46. The van der Waals surface area contributed by atoms with Crippen molar-refractivity contribution in [3.05, 3.63) is 35.9 Å². The second-order valence-corrected chi connectivity index (χ2v) is 11.9. The molecule has 0 radical (unpaired) electrons. The number of benzene rings is 1. The fourth-order valence-corrected chi connectivity index (χ4v) is 7.39. The molecule has 30 heavy (non-hydrogen) atoms. The Balaban J connectivity index is 1.63. The molecule has 2 saturated heterocycles. The van der Waals surface area contributed by atoms with Gasteiger partial charge in [0.15, 0.2) is 0 Å². The highest BCUT2D eigenvalue weighted by atomic mass is 32.2. The molecule has 1 atom stereocenters. The molecule has 1 aromatic carbocycles. The Hall–Kier alpha value is -1.49. The molecule has 8 nitrogen and oxygen atoms in total. The molecular formula is C20H31N3O5S2. The Bertz CT molecular complexity index is 926. The molecule has 2 heterocycles. The molecule has 0 N–H and O–H groups in total. The third-order valence-corrected chi connectivity index (χ3v) is 9.62. The number of hydrogen-bond donors (Lipinski definition) is 0. The lowest BCUT2D eigenvalue weighted by Gasteiger charge is -2.40. The number of piperidine rings is 1. The van der Waals surface area contributed by atoms with Gasteiger partial charge in [-0.3, -0.25) is 4.79 Å². The maximum atomic E-state index is 13.1. The summed E-state index contributed by atoms with van der Waals surface area (Å²) in [4.78, 5) is 14.7. The van der Waals surface area contributed by atoms with Crippen LogP contribution in [0, 0.1) is 0 Å². The summed E-state index contributed by atoms with van der Waals surface area (Å²) < 4.78 is 53.5. The molecule has 2 aliphatic rings. The summed E-state index contributed by atoms with van der Waals surface area (Å²) in [6.07, 6.45) is 2.62. The first-order valence-electron chi connectivity index (χ1n) is 10.5. The summed E-state index contributed by atoms with van der Waals surface area (Å²) in [5.41, 5.74) is 0.731. The summed E-state index contributed by atoms with van der Waals surface area (Å²) in [5.74, 6) is -0.218. The molecule has 168 valence electrons. The monoisotopic (exact) mass is 457 g/mol. The molecule has 0 bridgehead atoms. The molecule has 2 aliphatic heterocycles. The Kier molecular flexibility index (Phi) is 7.54. The number of piperazine rings is 1. The third kappa shape index (κ3) is 5.40. The van der Waals surface area contributed by atoms with Crippen molar-refractivity contribution in [2.75, 3.05) is 38.5 Å². The molecule has 2 fully saturated rings. The van der Waals surface area contributed by atoms with Gasteiger partial charge >= 0.3 is 0 Å². The predicted octanol–water partition coefficient (Wildman–Crippen LogP) is 1.25. The van der Waals surface area contributed by atoms with Crippen LogP contribution in [0.25, 0.3) is 0 Å². The largest absolute Gasteiger partial charge is 0.339 e. The zero-order chi connectivity index (χ0) is 21.8. The van der Waals surface area contributed by atoms with Crippen LogP contribution >= 0.6 is 0 Å². The number of carbonyl (C=O) groups is 1. The topological polar surface area (TPSA) is 95.1 Å². The number of nitrogens with zero attached hydrogens (tertiary/aromatic N) is 3. The van der Waals surface area contributed by atoms with E-state index in [0.29, 0.717) is 19.4 Å². The van der Waals surface area contributed by atoms with Crippen LogP contribution in [0.3, 0.4) is 0 Å². The quantitative estimate of drug-likeness (QED) is 0.614. The van der Waals surface area contributed by atoms with Crippen molar-refractivity contribution in [1.29, 1.82) is 0 Å². The lowest BCUT2D eigenvalue weighted by atomic mass is 10.0. The number of sulfonamides is 2. The van der Waals surface area contributed by atoms with E-state index in [1.54, 1.807) is 17.0 Å². The summed E-state index contributed by atoms with van der Waals surface area (Å²) in [5, 5.41) is 0. The fraction of sp³-hybridized carbons (Fsp3) is 0.650. The first-order chi connectivity index (χ1) is 14.2. The Morgan fingerprint density at radius 1 is 0.933 bits per heavy atom. The first-order valence-corrected chi connectivity index (χ1v) is 13.8. The van der Waals surface area contributed by atoms with Gasteiger partial charge in [0.1, 0.15) is 6.04 Å². The second-order valence-electron chi connectivity index (χ2n) is 7.90. The normalized spacial score (nSPS) is 22.2. The second kappa shape index (κ2) is 9.76. The minimum Gasteiger partial charge on any atom is -0.339 e. The molecule has 0 aliphatic carbocycles. The maximum Gasteiger partial charge on any atom is 0.241 e. The molecule has 3 rings (SSSR count). The van der Waals surface area contributed by atoms with Crippen molar-refractivity contribution in [3.63, 3.8) is 0 Å². The molecule has 0 spiro atoms. The van der Waals surface area contributed by atoms with E-state index in [4.69, 9.17) is 0 Å². The summed E-state index contributed by atoms with van der Waals surface area (Å²) in [6.45, 7) is 3.22. The average molecular weight is 458 g/mol. The van der Waals surface area contributed by atoms with Crippen LogP contribution in [0.15, 0.2) is 30.3 Å². The lowest BCUT2D eigenvalue weighted by Crippen LogP contribution is -2.58. The molecule has 1 aromatic rings. The van der Waals surface area contributed by atoms with E-state index in [0.717, 1.165) is 18.4 Å². The fourth-order valence-electron chi connectivity index (χ4n) is 4.13. The number of amides is 1. The van der Waals surface area contributed by atoms with Crippen LogP contribution in [-0.4, -0.2) is 80.8 Å². The van der Waals surface area contributed by atoms with E-state index >= 15 is 0 Å².